The van der Waals surface area contributed by atoms with Crippen molar-refractivity contribution in [2.45, 2.75) is 91.0 Å². The number of rotatable bonds is 12. The van der Waals surface area contributed by atoms with E-state index in [-0.39, 0.29) is 12.0 Å². The fraction of sp³-hybridized carbons (Fsp3) is 0.586. The van der Waals surface area contributed by atoms with E-state index in [1.807, 2.05) is 13.1 Å². The van der Waals surface area contributed by atoms with Crippen molar-refractivity contribution in [2.75, 3.05) is 17.7 Å². The topological polar surface area (TPSA) is 146 Å². The second kappa shape index (κ2) is 14.1. The van der Waals surface area contributed by atoms with Crippen LogP contribution in [0.2, 0.25) is 0 Å². The van der Waals surface area contributed by atoms with Gasteiger partial charge in [-0.15, -0.1) is 16.4 Å². The maximum Gasteiger partial charge on any atom is 0.225 e. The molecule has 0 aromatic carbocycles. The van der Waals surface area contributed by atoms with Gasteiger partial charge in [0.25, 0.3) is 0 Å². The van der Waals surface area contributed by atoms with Crippen LogP contribution in [0.25, 0.3) is 10.6 Å². The Morgan fingerprint density at radius 3 is 2.68 bits per heavy atom. The van der Waals surface area contributed by atoms with Crippen molar-refractivity contribution in [3.63, 3.8) is 0 Å². The molecule has 0 saturated heterocycles. The molecular formula is C29H43N9O2S. The molecule has 12 heteroatoms. The largest absolute Gasteiger partial charge is 0.400 e. The summed E-state index contributed by atoms with van der Waals surface area (Å²) in [4.78, 5) is 20.5. The number of aliphatic hydroxyl groups is 2. The van der Waals surface area contributed by atoms with Gasteiger partial charge < -0.3 is 20.8 Å². The van der Waals surface area contributed by atoms with E-state index in [0.29, 0.717) is 30.9 Å². The molecule has 41 heavy (non-hydrogen) atoms. The average molecular weight is 582 g/mol. The van der Waals surface area contributed by atoms with E-state index in [9.17, 15) is 5.11 Å². The van der Waals surface area contributed by atoms with Crippen LogP contribution in [0.4, 0.5) is 11.8 Å². The number of anilines is 2. The Morgan fingerprint density at radius 2 is 2.02 bits per heavy atom. The zero-order chi connectivity index (χ0) is 29.5. The molecule has 222 valence electrons. The lowest BCUT2D eigenvalue weighted by Gasteiger charge is -2.20. The van der Waals surface area contributed by atoms with Crippen LogP contribution in [0, 0.1) is 25.7 Å². The van der Waals surface area contributed by atoms with Crippen molar-refractivity contribution in [3.05, 3.63) is 41.4 Å². The van der Waals surface area contributed by atoms with Gasteiger partial charge in [-0.3, -0.25) is 9.67 Å². The molecule has 0 radical (unpaired) electrons. The number of nitrogens with zero attached hydrogens (tertiary/aromatic N) is 7. The number of hydrogen-bond donors (Lipinski definition) is 4. The summed E-state index contributed by atoms with van der Waals surface area (Å²) in [6.07, 6.45) is 10.4. The first-order valence-electron chi connectivity index (χ1n) is 14.4. The first kappa shape index (κ1) is 30.7. The lowest BCUT2D eigenvalue weighted by Crippen LogP contribution is -2.22. The van der Waals surface area contributed by atoms with E-state index in [1.54, 1.807) is 28.4 Å². The number of aromatic nitrogens is 6. The summed E-state index contributed by atoms with van der Waals surface area (Å²) in [7, 11) is 1.00. The summed E-state index contributed by atoms with van der Waals surface area (Å²) in [5.41, 5.74) is 3.64. The van der Waals surface area contributed by atoms with Gasteiger partial charge >= 0.3 is 0 Å². The van der Waals surface area contributed by atoms with Crippen LogP contribution in [0.15, 0.2) is 30.2 Å². The summed E-state index contributed by atoms with van der Waals surface area (Å²) in [5.74, 6) is 2.15. The van der Waals surface area contributed by atoms with E-state index >= 15 is 0 Å². The first-order chi connectivity index (χ1) is 19.9. The lowest BCUT2D eigenvalue weighted by molar-refractivity contribution is 0.120. The van der Waals surface area contributed by atoms with Crippen LogP contribution in [-0.2, 0) is 6.54 Å². The number of thiazole rings is 1. The smallest absolute Gasteiger partial charge is 0.225 e. The summed E-state index contributed by atoms with van der Waals surface area (Å²) >= 11 is 1.64. The Kier molecular flexibility index (Phi) is 10.6. The Hall–Kier alpha value is -3.22. The maximum absolute atomic E-state index is 10.8. The highest BCUT2D eigenvalue weighted by atomic mass is 32.1. The fourth-order valence-electron chi connectivity index (χ4n) is 5.46. The van der Waals surface area contributed by atoms with Crippen LogP contribution >= 0.6 is 11.3 Å². The summed E-state index contributed by atoms with van der Waals surface area (Å²) < 4.78 is 1.79. The molecule has 5 rings (SSSR count). The second-order valence-electron chi connectivity index (χ2n) is 10.8. The van der Waals surface area contributed by atoms with Gasteiger partial charge in [0.05, 0.1) is 35.0 Å². The van der Waals surface area contributed by atoms with Gasteiger partial charge in [-0.05, 0) is 58.8 Å². The highest BCUT2D eigenvalue weighted by molar-refractivity contribution is 7.15. The molecule has 2 unspecified atom stereocenters. The van der Waals surface area contributed by atoms with Crippen molar-refractivity contribution in [3.8, 4) is 10.6 Å². The van der Waals surface area contributed by atoms with Gasteiger partial charge in [-0.2, -0.15) is 4.98 Å². The molecule has 3 aromatic heterocycles. The van der Waals surface area contributed by atoms with Crippen molar-refractivity contribution < 1.29 is 10.2 Å². The third kappa shape index (κ3) is 7.55. The predicted molar refractivity (Wildman–Crippen MR) is 164 cm³/mol. The molecule has 0 spiro atoms. The standard InChI is InChI=1S/C28H39N9OS.CH4O/c1-6-8-22(29-7-2)25-18(5)39-27(34-25)24-17(4)32-28(31-16(3)19-9-10-19)35-26(24)33-21-13-20(23(38)14-21)15-37-12-11-30-36-37;1-2/h7,11-12,16,19-21,23,38H,2,6,8-10,13-15H2,1,3-5H3,(H2,31,32,33,35);2H,1H3/t16-,20?,21?,23+;/m1./s1. The quantitative estimate of drug-likeness (QED) is 0.225. The van der Waals surface area contributed by atoms with Crippen molar-refractivity contribution in [2.24, 2.45) is 16.8 Å². The Bertz CT molecular complexity index is 1320. The van der Waals surface area contributed by atoms with Crippen molar-refractivity contribution in [1.29, 1.82) is 0 Å². The van der Waals surface area contributed by atoms with E-state index < -0.39 is 6.10 Å². The normalized spacial score (nSPS) is 21.2. The molecule has 0 amide bonds. The molecule has 0 aliphatic heterocycles. The van der Waals surface area contributed by atoms with Gasteiger partial charge in [0, 0.05) is 48.9 Å². The molecule has 4 N–H and O–H groups in total. The molecule has 11 nitrogen and oxygen atoms in total. The molecule has 3 heterocycles. The van der Waals surface area contributed by atoms with Crippen LogP contribution in [0.3, 0.4) is 0 Å². The van der Waals surface area contributed by atoms with Crippen LogP contribution < -0.4 is 10.6 Å². The highest BCUT2D eigenvalue weighted by Gasteiger charge is 2.35. The predicted octanol–water partition coefficient (Wildman–Crippen LogP) is 4.61. The highest BCUT2D eigenvalue weighted by Crippen LogP contribution is 2.39. The SMILES string of the molecule is C=CN=C(CCC)c1nc(-c2c(C)nc(N[C@H](C)C3CC3)nc2NC2CC(Cn3ccnn3)[C@@H](O)C2)sc1C.CO. The maximum atomic E-state index is 10.8. The molecule has 2 saturated carbocycles. The van der Waals surface area contributed by atoms with Gasteiger partial charge in [-0.1, -0.05) is 25.1 Å². The summed E-state index contributed by atoms with van der Waals surface area (Å²) in [5, 5.41) is 33.9. The van der Waals surface area contributed by atoms with Gasteiger partial charge in [0.1, 0.15) is 10.8 Å². The minimum Gasteiger partial charge on any atom is -0.400 e. The molecule has 2 fully saturated rings. The van der Waals surface area contributed by atoms with Gasteiger partial charge in [0.2, 0.25) is 5.95 Å². The zero-order valence-corrected chi connectivity index (χ0v) is 25.5. The number of nitrogens with one attached hydrogen (secondary N) is 2. The van der Waals surface area contributed by atoms with E-state index in [4.69, 9.17) is 20.1 Å². The van der Waals surface area contributed by atoms with Crippen LogP contribution in [0.5, 0.6) is 0 Å². The molecule has 2 aliphatic rings. The number of aliphatic imine (C=N–C) groups is 1. The van der Waals surface area contributed by atoms with Gasteiger partial charge in [-0.25, -0.2) is 9.97 Å². The fourth-order valence-corrected chi connectivity index (χ4v) is 6.49. The van der Waals surface area contributed by atoms with Crippen LogP contribution in [0.1, 0.15) is 68.6 Å². The van der Waals surface area contributed by atoms with Crippen molar-refractivity contribution in [1.82, 2.24) is 29.9 Å². The third-order valence-corrected chi connectivity index (χ3v) is 8.67. The van der Waals surface area contributed by atoms with Crippen molar-refractivity contribution >= 4 is 28.8 Å². The monoisotopic (exact) mass is 581 g/mol. The average Bonchev–Trinajstić information content (AvgIpc) is 3.39. The Morgan fingerprint density at radius 1 is 1.24 bits per heavy atom. The number of aryl methyl sites for hydroxylation is 2. The third-order valence-electron chi connectivity index (χ3n) is 7.69. The zero-order valence-electron chi connectivity index (χ0n) is 24.7. The first-order valence-corrected chi connectivity index (χ1v) is 15.2. The van der Waals surface area contributed by atoms with Gasteiger partial charge in [0.15, 0.2) is 0 Å². The number of hydrogen-bond acceptors (Lipinski definition) is 11. The van der Waals surface area contributed by atoms with Crippen LogP contribution in [-0.4, -0.2) is 71.2 Å². The minimum absolute atomic E-state index is 0.0637. The lowest BCUT2D eigenvalue weighted by atomic mass is 10.1. The Balaban J connectivity index is 0.00000189. The molecule has 4 atom stereocenters. The molecule has 0 bridgehead atoms. The number of aliphatic hydroxyl groups excluding tert-OH is 2. The molecular weight excluding hydrogens is 538 g/mol. The minimum atomic E-state index is -0.425. The Labute approximate surface area is 246 Å². The van der Waals surface area contributed by atoms with E-state index in [2.05, 4.69) is 53.3 Å². The second-order valence-corrected chi connectivity index (χ2v) is 12.0. The van der Waals surface area contributed by atoms with E-state index in [1.165, 1.54) is 12.8 Å². The molecule has 3 aromatic rings. The summed E-state index contributed by atoms with van der Waals surface area (Å²) in [6, 6.07) is 0.387. The molecule has 2 aliphatic carbocycles. The van der Waals surface area contributed by atoms with E-state index in [0.717, 1.165) is 64.7 Å². The summed E-state index contributed by atoms with van der Waals surface area (Å²) in [6.45, 7) is 12.9.